The summed E-state index contributed by atoms with van der Waals surface area (Å²) in [6.07, 6.45) is 1.52. The van der Waals surface area contributed by atoms with Gasteiger partial charge in [-0.2, -0.15) is 4.52 Å². The van der Waals surface area contributed by atoms with Gasteiger partial charge < -0.3 is 0 Å². The van der Waals surface area contributed by atoms with E-state index in [0.29, 0.717) is 20.9 Å². The SMILES string of the molecule is Cc1nc2sc(=Cc3ccccc3F)c(=O)n2n1. The average Bonchev–Trinajstić information content (AvgIpc) is 2.82. The van der Waals surface area contributed by atoms with Crippen LogP contribution in [-0.4, -0.2) is 14.6 Å². The van der Waals surface area contributed by atoms with Gasteiger partial charge in [-0.15, -0.1) is 5.10 Å². The maximum absolute atomic E-state index is 13.5. The van der Waals surface area contributed by atoms with Crippen molar-refractivity contribution in [2.24, 2.45) is 0 Å². The summed E-state index contributed by atoms with van der Waals surface area (Å²) in [6.45, 7) is 1.72. The third kappa shape index (κ3) is 1.70. The number of hydrogen-bond donors (Lipinski definition) is 0. The molecule has 0 bridgehead atoms. The van der Waals surface area contributed by atoms with Crippen LogP contribution in [0.3, 0.4) is 0 Å². The summed E-state index contributed by atoms with van der Waals surface area (Å²) >= 11 is 1.20. The second-order valence-electron chi connectivity index (χ2n) is 3.79. The topological polar surface area (TPSA) is 47.3 Å². The largest absolute Gasteiger partial charge is 0.291 e. The van der Waals surface area contributed by atoms with Crippen molar-refractivity contribution < 1.29 is 4.39 Å². The summed E-state index contributed by atoms with van der Waals surface area (Å²) in [5.41, 5.74) is 0.120. The van der Waals surface area contributed by atoms with E-state index in [4.69, 9.17) is 0 Å². The lowest BCUT2D eigenvalue weighted by molar-refractivity contribution is 0.625. The molecule has 0 saturated carbocycles. The molecule has 0 aliphatic heterocycles. The van der Waals surface area contributed by atoms with Crippen LogP contribution >= 0.6 is 11.3 Å². The Hall–Kier alpha value is -2.08. The highest BCUT2D eigenvalue weighted by molar-refractivity contribution is 7.15. The Bertz CT molecular complexity index is 837. The minimum atomic E-state index is -0.355. The Labute approximate surface area is 105 Å². The Morgan fingerprint density at radius 2 is 2.17 bits per heavy atom. The van der Waals surface area contributed by atoms with Crippen LogP contribution in [0, 0.1) is 12.7 Å². The first-order valence-corrected chi connectivity index (χ1v) is 6.09. The number of thiazole rings is 1. The second kappa shape index (κ2) is 3.99. The van der Waals surface area contributed by atoms with Crippen LogP contribution in [-0.2, 0) is 0 Å². The molecule has 6 heteroatoms. The Morgan fingerprint density at radius 1 is 1.39 bits per heavy atom. The second-order valence-corrected chi connectivity index (χ2v) is 4.80. The lowest BCUT2D eigenvalue weighted by Crippen LogP contribution is -2.23. The lowest BCUT2D eigenvalue weighted by Gasteiger charge is -1.92. The molecule has 0 fully saturated rings. The number of benzene rings is 1. The molecule has 0 aliphatic carbocycles. The van der Waals surface area contributed by atoms with E-state index in [1.54, 1.807) is 25.1 Å². The summed E-state index contributed by atoms with van der Waals surface area (Å²) in [4.78, 5) is 16.6. The highest BCUT2D eigenvalue weighted by Gasteiger charge is 2.08. The first-order chi connectivity index (χ1) is 8.65. The number of nitrogens with zero attached hydrogens (tertiary/aromatic N) is 3. The molecule has 3 aromatic rings. The third-order valence-electron chi connectivity index (χ3n) is 2.48. The Balaban J connectivity index is 2.27. The van der Waals surface area contributed by atoms with Crippen LogP contribution in [0.15, 0.2) is 29.1 Å². The van der Waals surface area contributed by atoms with Gasteiger partial charge in [-0.05, 0) is 19.1 Å². The van der Waals surface area contributed by atoms with Crippen molar-refractivity contribution in [1.82, 2.24) is 14.6 Å². The summed E-state index contributed by atoms with van der Waals surface area (Å²) in [6, 6.07) is 6.31. The normalized spacial score (nSPS) is 12.4. The first-order valence-electron chi connectivity index (χ1n) is 5.27. The molecule has 0 atom stereocenters. The van der Waals surface area contributed by atoms with Gasteiger partial charge in [0.2, 0.25) is 4.96 Å². The van der Waals surface area contributed by atoms with E-state index in [-0.39, 0.29) is 11.4 Å². The van der Waals surface area contributed by atoms with Crippen molar-refractivity contribution >= 4 is 22.4 Å². The van der Waals surface area contributed by atoms with Gasteiger partial charge in [0.15, 0.2) is 0 Å². The quantitative estimate of drug-likeness (QED) is 0.660. The van der Waals surface area contributed by atoms with Crippen LogP contribution in [0.1, 0.15) is 11.4 Å². The maximum Gasteiger partial charge on any atom is 0.291 e. The number of rotatable bonds is 1. The Kier molecular flexibility index (Phi) is 2.45. The van der Waals surface area contributed by atoms with Crippen LogP contribution < -0.4 is 10.1 Å². The summed E-state index contributed by atoms with van der Waals surface area (Å²) in [5.74, 6) is 0.197. The zero-order valence-electron chi connectivity index (χ0n) is 9.42. The summed E-state index contributed by atoms with van der Waals surface area (Å²) < 4.78 is 15.2. The molecule has 2 heterocycles. The van der Waals surface area contributed by atoms with Crippen LogP contribution in [0.5, 0.6) is 0 Å². The van der Waals surface area contributed by atoms with Gasteiger partial charge in [-0.25, -0.2) is 9.37 Å². The molecule has 0 saturated heterocycles. The fourth-order valence-corrected chi connectivity index (χ4v) is 2.61. The standard InChI is InChI=1S/C12H8FN3OS/c1-7-14-12-16(15-7)11(17)10(18-12)6-8-4-2-3-5-9(8)13/h2-6H,1H3. The molecule has 4 nitrogen and oxygen atoms in total. The molecular weight excluding hydrogens is 253 g/mol. The smallest absolute Gasteiger partial charge is 0.266 e. The maximum atomic E-state index is 13.5. The van der Waals surface area contributed by atoms with E-state index in [1.807, 2.05) is 0 Å². The number of aromatic nitrogens is 3. The highest BCUT2D eigenvalue weighted by atomic mass is 32.1. The van der Waals surface area contributed by atoms with Gasteiger partial charge in [0.05, 0.1) is 4.53 Å². The molecule has 2 aromatic heterocycles. The van der Waals surface area contributed by atoms with E-state index in [2.05, 4.69) is 10.1 Å². The van der Waals surface area contributed by atoms with Gasteiger partial charge in [0.25, 0.3) is 5.56 Å². The van der Waals surface area contributed by atoms with Crippen molar-refractivity contribution in [1.29, 1.82) is 0 Å². The zero-order chi connectivity index (χ0) is 12.7. The highest BCUT2D eigenvalue weighted by Crippen LogP contribution is 2.07. The number of aryl methyl sites for hydroxylation is 1. The summed E-state index contributed by atoms with van der Waals surface area (Å²) in [7, 11) is 0. The molecule has 3 rings (SSSR count). The van der Waals surface area contributed by atoms with Crippen LogP contribution in [0.25, 0.3) is 11.0 Å². The van der Waals surface area contributed by atoms with Crippen molar-refractivity contribution in [2.45, 2.75) is 6.92 Å². The molecule has 0 spiro atoms. The van der Waals surface area contributed by atoms with E-state index >= 15 is 0 Å². The minimum absolute atomic E-state index is 0.265. The third-order valence-corrected chi connectivity index (χ3v) is 3.44. The minimum Gasteiger partial charge on any atom is -0.266 e. The summed E-state index contributed by atoms with van der Waals surface area (Å²) in [5, 5.41) is 3.99. The van der Waals surface area contributed by atoms with Crippen LogP contribution in [0.4, 0.5) is 4.39 Å². The van der Waals surface area contributed by atoms with Gasteiger partial charge in [0.1, 0.15) is 11.6 Å². The van der Waals surface area contributed by atoms with Crippen molar-refractivity contribution in [3.05, 3.63) is 56.4 Å². The van der Waals surface area contributed by atoms with Gasteiger partial charge in [-0.1, -0.05) is 29.5 Å². The van der Waals surface area contributed by atoms with E-state index in [0.717, 1.165) is 0 Å². The van der Waals surface area contributed by atoms with Crippen LogP contribution in [0.2, 0.25) is 0 Å². The monoisotopic (exact) mass is 261 g/mol. The van der Waals surface area contributed by atoms with E-state index < -0.39 is 0 Å². The fourth-order valence-electron chi connectivity index (χ4n) is 1.66. The molecule has 90 valence electrons. The number of fused-ring (bicyclic) bond motifs is 1. The molecular formula is C12H8FN3OS. The predicted molar refractivity (Wildman–Crippen MR) is 67.1 cm³/mol. The van der Waals surface area contributed by atoms with Gasteiger partial charge in [0, 0.05) is 5.56 Å². The Morgan fingerprint density at radius 3 is 2.89 bits per heavy atom. The molecule has 0 N–H and O–H groups in total. The van der Waals surface area contributed by atoms with Gasteiger partial charge >= 0.3 is 0 Å². The molecule has 0 unspecified atom stereocenters. The number of hydrogen-bond acceptors (Lipinski definition) is 4. The average molecular weight is 261 g/mol. The van der Waals surface area contributed by atoms with E-state index in [1.165, 1.54) is 28.0 Å². The van der Waals surface area contributed by atoms with Crippen molar-refractivity contribution in [3.8, 4) is 0 Å². The molecule has 0 aliphatic rings. The predicted octanol–water partition coefficient (Wildman–Crippen LogP) is 1.15. The fraction of sp³-hybridized carbons (Fsp3) is 0.0833. The zero-order valence-corrected chi connectivity index (χ0v) is 10.2. The molecule has 0 radical (unpaired) electrons. The van der Waals surface area contributed by atoms with Gasteiger partial charge in [-0.3, -0.25) is 4.79 Å². The molecule has 1 aromatic carbocycles. The number of halogens is 1. The lowest BCUT2D eigenvalue weighted by atomic mass is 10.2. The first kappa shape index (κ1) is 11.0. The molecule has 18 heavy (non-hydrogen) atoms. The van der Waals surface area contributed by atoms with Crippen molar-refractivity contribution in [3.63, 3.8) is 0 Å². The molecule has 0 amide bonds. The van der Waals surface area contributed by atoms with Crippen molar-refractivity contribution in [2.75, 3.05) is 0 Å². The van der Waals surface area contributed by atoms with E-state index in [9.17, 15) is 9.18 Å².